The Balaban J connectivity index is 0.00000208. The maximum atomic E-state index is 12.9. The second-order valence-electron chi connectivity index (χ2n) is 6.26. The average Bonchev–Trinajstić information content (AvgIpc) is 3.14. The molecule has 3 atom stereocenters. The van der Waals surface area contributed by atoms with Gasteiger partial charge in [-0.2, -0.15) is 0 Å². The number of hydrogen-bond acceptors (Lipinski definition) is 5. The highest BCUT2D eigenvalue weighted by Gasteiger charge is 2.43. The van der Waals surface area contributed by atoms with Crippen molar-refractivity contribution in [2.75, 3.05) is 34.4 Å². The topological polar surface area (TPSA) is 74.0 Å². The Morgan fingerprint density at radius 3 is 2.38 bits per heavy atom. The first-order chi connectivity index (χ1) is 11.1. The summed E-state index contributed by atoms with van der Waals surface area (Å²) in [7, 11) is 4.62. The molecule has 0 bridgehead atoms. The Hall–Kier alpha value is -1.66. The van der Waals surface area contributed by atoms with Crippen LogP contribution in [0.2, 0.25) is 0 Å². The van der Waals surface area contributed by atoms with E-state index in [1.807, 2.05) is 4.90 Å². The molecule has 6 nitrogen and oxygen atoms in total. The second-order valence-corrected chi connectivity index (χ2v) is 6.26. The maximum Gasteiger partial charge on any atom is 0.257 e. The summed E-state index contributed by atoms with van der Waals surface area (Å²) in [5.41, 5.74) is 6.66. The van der Waals surface area contributed by atoms with Crippen molar-refractivity contribution in [3.8, 4) is 17.2 Å². The molecule has 0 spiro atoms. The molecule has 1 aliphatic heterocycles. The molecule has 3 rings (SSSR count). The highest BCUT2D eigenvalue weighted by molar-refractivity contribution is 5.98. The van der Waals surface area contributed by atoms with Crippen molar-refractivity contribution in [3.05, 3.63) is 17.7 Å². The number of likely N-dealkylation sites (tertiary alicyclic amines) is 1. The number of amides is 1. The summed E-state index contributed by atoms with van der Waals surface area (Å²) < 4.78 is 16.1. The number of halogens is 1. The van der Waals surface area contributed by atoms with E-state index in [-0.39, 0.29) is 24.4 Å². The fourth-order valence-electron chi connectivity index (χ4n) is 3.91. The van der Waals surface area contributed by atoms with E-state index in [9.17, 15) is 4.79 Å². The number of benzene rings is 1. The summed E-state index contributed by atoms with van der Waals surface area (Å²) in [5.74, 6) is 2.31. The van der Waals surface area contributed by atoms with Gasteiger partial charge in [0.05, 0.1) is 26.9 Å². The van der Waals surface area contributed by atoms with Gasteiger partial charge in [0, 0.05) is 19.1 Å². The van der Waals surface area contributed by atoms with Crippen LogP contribution in [-0.2, 0) is 0 Å². The van der Waals surface area contributed by atoms with Crippen molar-refractivity contribution in [2.24, 2.45) is 17.6 Å². The highest BCUT2D eigenvalue weighted by atomic mass is 35.5. The van der Waals surface area contributed by atoms with Crippen LogP contribution in [-0.4, -0.2) is 51.3 Å². The molecule has 7 heteroatoms. The molecule has 2 N–H and O–H groups in total. The monoisotopic (exact) mass is 356 g/mol. The first-order valence-electron chi connectivity index (χ1n) is 7.94. The number of rotatable bonds is 4. The van der Waals surface area contributed by atoms with Crippen LogP contribution in [0.25, 0.3) is 0 Å². The number of nitrogens with two attached hydrogens (primary N) is 1. The summed E-state index contributed by atoms with van der Waals surface area (Å²) in [4.78, 5) is 14.8. The Morgan fingerprint density at radius 1 is 1.08 bits per heavy atom. The zero-order valence-electron chi connectivity index (χ0n) is 14.3. The number of methoxy groups -OCH3 is 3. The molecule has 1 saturated heterocycles. The van der Waals surface area contributed by atoms with Crippen LogP contribution >= 0.6 is 12.4 Å². The zero-order valence-corrected chi connectivity index (χ0v) is 15.1. The van der Waals surface area contributed by atoms with Gasteiger partial charge in [-0.25, -0.2) is 0 Å². The predicted octanol–water partition coefficient (Wildman–Crippen LogP) is 1.94. The molecular weight excluding hydrogens is 332 g/mol. The average molecular weight is 357 g/mol. The van der Waals surface area contributed by atoms with Gasteiger partial charge in [-0.3, -0.25) is 4.79 Å². The minimum atomic E-state index is -0.0376. The molecule has 0 aromatic heterocycles. The lowest BCUT2D eigenvalue weighted by molar-refractivity contribution is 0.0775. The minimum absolute atomic E-state index is 0. The van der Waals surface area contributed by atoms with Crippen LogP contribution in [0, 0.1) is 11.8 Å². The van der Waals surface area contributed by atoms with E-state index in [1.165, 1.54) is 14.2 Å². The number of carbonyl (C=O) groups excluding carboxylic acids is 1. The van der Waals surface area contributed by atoms with Crippen molar-refractivity contribution in [2.45, 2.75) is 18.9 Å². The summed E-state index contributed by atoms with van der Waals surface area (Å²) in [6, 6.07) is 3.68. The number of carbonyl (C=O) groups is 1. The molecule has 1 heterocycles. The molecule has 1 aromatic rings. The molecule has 24 heavy (non-hydrogen) atoms. The lowest BCUT2D eigenvalue weighted by Crippen LogP contribution is -2.33. The van der Waals surface area contributed by atoms with E-state index in [2.05, 4.69) is 0 Å². The molecule has 134 valence electrons. The largest absolute Gasteiger partial charge is 0.493 e. The van der Waals surface area contributed by atoms with Gasteiger partial charge in [0.15, 0.2) is 11.5 Å². The predicted molar refractivity (Wildman–Crippen MR) is 93.4 cm³/mol. The molecule has 1 amide bonds. The van der Waals surface area contributed by atoms with Gasteiger partial charge in [-0.15, -0.1) is 12.4 Å². The number of ether oxygens (including phenoxy) is 3. The summed E-state index contributed by atoms with van der Waals surface area (Å²) in [6.45, 7) is 1.50. The van der Waals surface area contributed by atoms with Gasteiger partial charge < -0.3 is 24.8 Å². The lowest BCUT2D eigenvalue weighted by atomic mass is 9.98. The quantitative estimate of drug-likeness (QED) is 0.892. The molecule has 1 saturated carbocycles. The smallest absolute Gasteiger partial charge is 0.257 e. The van der Waals surface area contributed by atoms with E-state index >= 15 is 0 Å². The van der Waals surface area contributed by atoms with Crippen molar-refractivity contribution in [1.82, 2.24) is 4.90 Å². The standard InChI is InChI=1S/C17H24N2O4.ClH/c1-21-14-7-5-11(15(22-2)16(14)23-3)17(20)19-8-10-4-6-13(18)12(10)9-19;/h5,7,10,12-13H,4,6,8-9,18H2,1-3H3;1H. The van der Waals surface area contributed by atoms with E-state index in [4.69, 9.17) is 19.9 Å². The number of nitrogens with zero attached hydrogens (tertiary/aromatic N) is 1. The molecule has 0 radical (unpaired) electrons. The Bertz CT molecular complexity index is 610. The van der Waals surface area contributed by atoms with Crippen LogP contribution in [0.5, 0.6) is 17.2 Å². The molecule has 2 aliphatic rings. The second kappa shape index (κ2) is 7.49. The fourth-order valence-corrected chi connectivity index (χ4v) is 3.91. The molecule has 2 fully saturated rings. The number of fused-ring (bicyclic) bond motifs is 1. The summed E-state index contributed by atoms with van der Waals surface area (Å²) in [5, 5.41) is 0. The molecule has 1 aromatic carbocycles. The molecule has 3 unspecified atom stereocenters. The maximum absolute atomic E-state index is 12.9. The Labute approximate surface area is 148 Å². The van der Waals surface area contributed by atoms with Crippen LogP contribution in [0.15, 0.2) is 12.1 Å². The van der Waals surface area contributed by atoms with E-state index in [0.29, 0.717) is 34.6 Å². The SMILES string of the molecule is COc1ccc(C(=O)N2CC3CCC(N)C3C2)c(OC)c1OC.Cl. The van der Waals surface area contributed by atoms with Crippen LogP contribution < -0.4 is 19.9 Å². The van der Waals surface area contributed by atoms with Gasteiger partial charge in [0.2, 0.25) is 5.75 Å². The fraction of sp³-hybridized carbons (Fsp3) is 0.588. The highest BCUT2D eigenvalue weighted by Crippen LogP contribution is 2.42. The van der Waals surface area contributed by atoms with Crippen molar-refractivity contribution in [1.29, 1.82) is 0 Å². The third-order valence-electron chi connectivity index (χ3n) is 5.13. The molecular formula is C17H25ClN2O4. The van der Waals surface area contributed by atoms with Gasteiger partial charge in [0.25, 0.3) is 5.91 Å². The van der Waals surface area contributed by atoms with Gasteiger partial charge >= 0.3 is 0 Å². The van der Waals surface area contributed by atoms with Crippen LogP contribution in [0.1, 0.15) is 23.2 Å². The van der Waals surface area contributed by atoms with Crippen LogP contribution in [0.4, 0.5) is 0 Å². The Kier molecular flexibility index (Phi) is 5.83. The summed E-state index contributed by atoms with van der Waals surface area (Å²) >= 11 is 0. The van der Waals surface area contributed by atoms with Gasteiger partial charge in [-0.1, -0.05) is 0 Å². The van der Waals surface area contributed by atoms with Crippen LogP contribution in [0.3, 0.4) is 0 Å². The zero-order chi connectivity index (χ0) is 16.6. The molecule has 1 aliphatic carbocycles. The third-order valence-corrected chi connectivity index (χ3v) is 5.13. The van der Waals surface area contributed by atoms with E-state index < -0.39 is 0 Å². The first kappa shape index (κ1) is 18.7. The Morgan fingerprint density at radius 2 is 1.79 bits per heavy atom. The van der Waals surface area contributed by atoms with Crippen molar-refractivity contribution >= 4 is 18.3 Å². The number of hydrogen-bond donors (Lipinski definition) is 1. The first-order valence-corrected chi connectivity index (χ1v) is 7.94. The summed E-state index contributed by atoms with van der Waals surface area (Å²) in [6.07, 6.45) is 2.18. The lowest BCUT2D eigenvalue weighted by Gasteiger charge is -2.21. The van der Waals surface area contributed by atoms with Gasteiger partial charge in [-0.05, 0) is 36.8 Å². The van der Waals surface area contributed by atoms with Gasteiger partial charge in [0.1, 0.15) is 0 Å². The van der Waals surface area contributed by atoms with Crippen molar-refractivity contribution < 1.29 is 19.0 Å². The minimum Gasteiger partial charge on any atom is -0.493 e. The van der Waals surface area contributed by atoms with Crippen molar-refractivity contribution in [3.63, 3.8) is 0 Å². The van der Waals surface area contributed by atoms with E-state index in [0.717, 1.165) is 25.9 Å². The normalized spacial score (nSPS) is 25.0. The third kappa shape index (κ3) is 3.00. The van der Waals surface area contributed by atoms with E-state index in [1.54, 1.807) is 19.2 Å².